The van der Waals surface area contributed by atoms with Crippen molar-refractivity contribution in [2.24, 2.45) is 0 Å². The van der Waals surface area contributed by atoms with E-state index < -0.39 is 0 Å². The zero-order chi connectivity index (χ0) is 12.4. The minimum atomic E-state index is 0.657. The van der Waals surface area contributed by atoms with Gasteiger partial charge in [0, 0.05) is 38.5 Å². The molecule has 1 N–H and O–H groups in total. The first kappa shape index (κ1) is 12.1. The number of piperidine rings is 1. The number of nitrogens with one attached hydrogen (secondary N) is 1. The largest absolute Gasteiger partial charge is 0.340 e. The van der Waals surface area contributed by atoms with Crippen molar-refractivity contribution < 1.29 is 4.52 Å². The van der Waals surface area contributed by atoms with Crippen LogP contribution in [0, 0.1) is 6.92 Å². The molecular formula is C13H22N4O. The third-order valence-electron chi connectivity index (χ3n) is 4.18. The molecule has 2 unspecified atom stereocenters. The van der Waals surface area contributed by atoms with Gasteiger partial charge in [0.1, 0.15) is 0 Å². The van der Waals surface area contributed by atoms with Gasteiger partial charge in [0.25, 0.3) is 0 Å². The molecule has 0 aliphatic carbocycles. The van der Waals surface area contributed by atoms with Crippen molar-refractivity contribution in [2.75, 3.05) is 19.6 Å². The van der Waals surface area contributed by atoms with E-state index in [-0.39, 0.29) is 0 Å². The lowest BCUT2D eigenvalue weighted by Gasteiger charge is -2.32. The van der Waals surface area contributed by atoms with E-state index in [1.54, 1.807) is 0 Å². The van der Waals surface area contributed by atoms with Gasteiger partial charge in [0.05, 0.1) is 0 Å². The van der Waals surface area contributed by atoms with E-state index in [0.29, 0.717) is 11.9 Å². The third kappa shape index (κ3) is 2.57. The minimum Gasteiger partial charge on any atom is -0.340 e. The van der Waals surface area contributed by atoms with Gasteiger partial charge in [-0.05, 0) is 25.8 Å². The number of fused-ring (bicyclic) bond motifs is 1. The summed E-state index contributed by atoms with van der Waals surface area (Å²) >= 11 is 0. The van der Waals surface area contributed by atoms with Crippen LogP contribution in [0.1, 0.15) is 37.4 Å². The second kappa shape index (κ2) is 5.36. The smallest absolute Gasteiger partial charge is 0.223 e. The zero-order valence-electron chi connectivity index (χ0n) is 11.1. The highest BCUT2D eigenvalue weighted by atomic mass is 16.5. The topological polar surface area (TPSA) is 54.2 Å². The first-order chi connectivity index (χ1) is 8.83. The van der Waals surface area contributed by atoms with Gasteiger partial charge >= 0.3 is 0 Å². The Labute approximate surface area is 108 Å². The van der Waals surface area contributed by atoms with Gasteiger partial charge in [-0.15, -0.1) is 0 Å². The van der Waals surface area contributed by atoms with Crippen LogP contribution in [0.5, 0.6) is 0 Å². The second-order valence-electron chi connectivity index (χ2n) is 5.43. The van der Waals surface area contributed by atoms with Crippen molar-refractivity contribution in [2.45, 2.75) is 51.1 Å². The Balaban J connectivity index is 1.46. The van der Waals surface area contributed by atoms with Crippen LogP contribution >= 0.6 is 0 Å². The molecule has 5 heteroatoms. The molecule has 2 atom stereocenters. The summed E-state index contributed by atoms with van der Waals surface area (Å²) in [6.07, 6.45) is 6.28. The van der Waals surface area contributed by atoms with Crippen LogP contribution in [-0.2, 0) is 6.42 Å². The molecule has 5 nitrogen and oxygen atoms in total. The molecule has 0 bridgehead atoms. The first-order valence-electron chi connectivity index (χ1n) is 7.09. The Bertz CT molecular complexity index is 392. The summed E-state index contributed by atoms with van der Waals surface area (Å²) in [7, 11) is 0. The lowest BCUT2D eigenvalue weighted by Crippen LogP contribution is -2.45. The average Bonchev–Trinajstić information content (AvgIpc) is 2.97. The number of hydrogen-bond acceptors (Lipinski definition) is 5. The Morgan fingerprint density at radius 2 is 2.28 bits per heavy atom. The standard InChI is InChI=1S/C13H22N4O/c1-10-15-13(16-18-10)5-7-14-11-6-9-17-8-3-2-4-12(11)17/h11-12,14H,2-9H2,1H3. The summed E-state index contributed by atoms with van der Waals surface area (Å²) in [5.41, 5.74) is 0. The molecule has 1 aromatic rings. The van der Waals surface area contributed by atoms with Crippen molar-refractivity contribution in [3.05, 3.63) is 11.7 Å². The maximum Gasteiger partial charge on any atom is 0.223 e. The van der Waals surface area contributed by atoms with Crippen LogP contribution in [-0.4, -0.2) is 46.8 Å². The van der Waals surface area contributed by atoms with E-state index >= 15 is 0 Å². The molecule has 2 aliphatic rings. The summed E-state index contributed by atoms with van der Waals surface area (Å²) in [4.78, 5) is 6.88. The summed E-state index contributed by atoms with van der Waals surface area (Å²) < 4.78 is 4.98. The Morgan fingerprint density at radius 1 is 1.33 bits per heavy atom. The van der Waals surface area contributed by atoms with Crippen molar-refractivity contribution in [1.29, 1.82) is 0 Å². The molecule has 0 radical (unpaired) electrons. The monoisotopic (exact) mass is 250 g/mol. The van der Waals surface area contributed by atoms with E-state index in [2.05, 4.69) is 20.4 Å². The van der Waals surface area contributed by atoms with E-state index in [4.69, 9.17) is 4.52 Å². The minimum absolute atomic E-state index is 0.657. The van der Waals surface area contributed by atoms with Gasteiger partial charge in [-0.3, -0.25) is 4.90 Å². The fraction of sp³-hybridized carbons (Fsp3) is 0.846. The number of nitrogens with zero attached hydrogens (tertiary/aromatic N) is 3. The number of aryl methyl sites for hydroxylation is 1. The normalized spacial score (nSPS) is 28.5. The van der Waals surface area contributed by atoms with Crippen molar-refractivity contribution in [3.63, 3.8) is 0 Å². The highest BCUT2D eigenvalue weighted by molar-refractivity contribution is 4.94. The lowest BCUT2D eigenvalue weighted by atomic mass is 9.99. The van der Waals surface area contributed by atoms with Crippen LogP contribution < -0.4 is 5.32 Å². The van der Waals surface area contributed by atoms with E-state index in [0.717, 1.165) is 24.8 Å². The predicted molar refractivity (Wildman–Crippen MR) is 68.4 cm³/mol. The quantitative estimate of drug-likeness (QED) is 0.868. The molecule has 1 aromatic heterocycles. The molecule has 2 saturated heterocycles. The molecule has 100 valence electrons. The summed E-state index contributed by atoms with van der Waals surface area (Å²) in [5.74, 6) is 1.47. The van der Waals surface area contributed by atoms with Crippen LogP contribution in [0.2, 0.25) is 0 Å². The van der Waals surface area contributed by atoms with E-state index in [1.807, 2.05) is 6.92 Å². The number of rotatable bonds is 4. The highest BCUT2D eigenvalue weighted by Gasteiger charge is 2.34. The van der Waals surface area contributed by atoms with Gasteiger partial charge in [-0.1, -0.05) is 11.6 Å². The van der Waals surface area contributed by atoms with Gasteiger partial charge < -0.3 is 9.84 Å². The summed E-state index contributed by atoms with van der Waals surface area (Å²) in [5, 5.41) is 7.60. The van der Waals surface area contributed by atoms with Gasteiger partial charge in [0.15, 0.2) is 5.82 Å². The Hall–Kier alpha value is -0.940. The van der Waals surface area contributed by atoms with Gasteiger partial charge in [-0.25, -0.2) is 0 Å². The maximum atomic E-state index is 4.98. The molecule has 0 spiro atoms. The molecule has 0 aromatic carbocycles. The molecule has 0 saturated carbocycles. The molecular weight excluding hydrogens is 228 g/mol. The predicted octanol–water partition coefficient (Wildman–Crippen LogP) is 1.14. The van der Waals surface area contributed by atoms with E-state index in [9.17, 15) is 0 Å². The van der Waals surface area contributed by atoms with Gasteiger partial charge in [-0.2, -0.15) is 4.98 Å². The lowest BCUT2D eigenvalue weighted by molar-refractivity contribution is 0.181. The van der Waals surface area contributed by atoms with Crippen LogP contribution in [0.15, 0.2) is 4.52 Å². The Morgan fingerprint density at radius 3 is 3.11 bits per heavy atom. The van der Waals surface area contributed by atoms with Gasteiger partial charge in [0.2, 0.25) is 5.89 Å². The van der Waals surface area contributed by atoms with Crippen molar-refractivity contribution >= 4 is 0 Å². The molecule has 18 heavy (non-hydrogen) atoms. The SMILES string of the molecule is Cc1nc(CCNC2CCN3CCCCC23)no1. The van der Waals surface area contributed by atoms with Crippen LogP contribution in [0.25, 0.3) is 0 Å². The van der Waals surface area contributed by atoms with Crippen LogP contribution in [0.4, 0.5) is 0 Å². The molecule has 3 heterocycles. The van der Waals surface area contributed by atoms with E-state index in [1.165, 1.54) is 38.8 Å². The van der Waals surface area contributed by atoms with Crippen molar-refractivity contribution in [1.82, 2.24) is 20.4 Å². The fourth-order valence-electron chi connectivity index (χ4n) is 3.30. The van der Waals surface area contributed by atoms with Crippen LogP contribution in [0.3, 0.4) is 0 Å². The molecule has 2 fully saturated rings. The summed E-state index contributed by atoms with van der Waals surface area (Å²) in [6, 6.07) is 1.43. The highest BCUT2D eigenvalue weighted by Crippen LogP contribution is 2.26. The molecule has 3 rings (SSSR count). The zero-order valence-corrected chi connectivity index (χ0v) is 11.1. The number of aromatic nitrogens is 2. The maximum absolute atomic E-state index is 4.98. The second-order valence-corrected chi connectivity index (χ2v) is 5.43. The Kier molecular flexibility index (Phi) is 3.61. The fourth-order valence-corrected chi connectivity index (χ4v) is 3.30. The first-order valence-corrected chi connectivity index (χ1v) is 7.09. The summed E-state index contributed by atoms with van der Waals surface area (Å²) in [6.45, 7) is 5.35. The van der Waals surface area contributed by atoms with Crippen molar-refractivity contribution in [3.8, 4) is 0 Å². The third-order valence-corrected chi connectivity index (χ3v) is 4.18. The average molecular weight is 250 g/mol. The molecule has 2 aliphatic heterocycles. The molecule has 0 amide bonds. The number of hydrogen-bond donors (Lipinski definition) is 1.